The Morgan fingerprint density at radius 3 is 2.12 bits per heavy atom. The van der Waals surface area contributed by atoms with Gasteiger partial charge in [0.05, 0.1) is 24.8 Å². The molecule has 0 spiro atoms. The summed E-state index contributed by atoms with van der Waals surface area (Å²) in [6.07, 6.45) is 0.279. The van der Waals surface area contributed by atoms with E-state index in [4.69, 9.17) is 32.7 Å². The standard InChI is InChI=1S/C31H37Cl2N3O6S/c1-7-26(30(38)34-31(2,3)4)35(19-21-10-8-9-11-25(21)33)29(37)20-36(23-14-12-22(32)13-15-23)43(39,40)24-16-17-27(41-5)28(18-24)42-6/h8-18,26H,7,19-20H2,1-6H3,(H,34,38)/t26-/m1/s1. The lowest BCUT2D eigenvalue weighted by Crippen LogP contribution is -2.55. The van der Waals surface area contributed by atoms with Crippen LogP contribution in [0.4, 0.5) is 5.69 Å². The average Bonchev–Trinajstić information content (AvgIpc) is 2.95. The zero-order valence-electron chi connectivity index (χ0n) is 25.1. The summed E-state index contributed by atoms with van der Waals surface area (Å²) in [5.41, 5.74) is 0.258. The van der Waals surface area contributed by atoms with Gasteiger partial charge in [-0.05, 0) is 75.2 Å². The Morgan fingerprint density at radius 2 is 1.56 bits per heavy atom. The number of hydrogen-bond acceptors (Lipinski definition) is 6. The fourth-order valence-corrected chi connectivity index (χ4v) is 6.17. The number of methoxy groups -OCH3 is 2. The number of nitrogens with one attached hydrogen (secondary N) is 1. The third-order valence-corrected chi connectivity index (χ3v) is 8.91. The number of carbonyl (C=O) groups excluding carboxylic acids is 2. The molecule has 0 heterocycles. The van der Waals surface area contributed by atoms with Crippen molar-refractivity contribution in [1.82, 2.24) is 10.2 Å². The molecule has 0 aliphatic carbocycles. The number of carbonyl (C=O) groups is 2. The molecule has 0 aromatic heterocycles. The Hall–Kier alpha value is -3.47. The van der Waals surface area contributed by atoms with E-state index in [0.717, 1.165) is 4.31 Å². The topological polar surface area (TPSA) is 105 Å². The normalized spacial score (nSPS) is 12.3. The predicted molar refractivity (Wildman–Crippen MR) is 170 cm³/mol. The Labute approximate surface area is 263 Å². The number of sulfonamides is 1. The SMILES string of the molecule is CC[C@H](C(=O)NC(C)(C)C)N(Cc1ccccc1Cl)C(=O)CN(c1ccc(Cl)cc1)S(=O)(=O)c1ccc(OC)c(OC)c1. The summed E-state index contributed by atoms with van der Waals surface area (Å²) in [5.74, 6) is -0.417. The van der Waals surface area contributed by atoms with E-state index in [1.54, 1.807) is 31.2 Å². The molecule has 0 aliphatic rings. The van der Waals surface area contributed by atoms with Crippen molar-refractivity contribution in [2.24, 2.45) is 0 Å². The molecule has 0 fully saturated rings. The first kappa shape index (κ1) is 34.0. The van der Waals surface area contributed by atoms with Crippen molar-refractivity contribution in [3.63, 3.8) is 0 Å². The fraction of sp³-hybridized carbons (Fsp3) is 0.355. The minimum Gasteiger partial charge on any atom is -0.493 e. The lowest BCUT2D eigenvalue weighted by Gasteiger charge is -2.35. The van der Waals surface area contributed by atoms with Gasteiger partial charge in [-0.25, -0.2) is 8.42 Å². The molecule has 232 valence electrons. The second-order valence-corrected chi connectivity index (χ2v) is 13.5. The smallest absolute Gasteiger partial charge is 0.264 e. The van der Waals surface area contributed by atoms with Crippen molar-refractivity contribution >= 4 is 50.7 Å². The van der Waals surface area contributed by atoms with E-state index in [9.17, 15) is 18.0 Å². The van der Waals surface area contributed by atoms with Crippen LogP contribution in [0.3, 0.4) is 0 Å². The number of ether oxygens (including phenoxy) is 2. The minimum absolute atomic E-state index is 0.0144. The van der Waals surface area contributed by atoms with Gasteiger partial charge in [0.25, 0.3) is 10.0 Å². The first-order chi connectivity index (χ1) is 20.2. The maximum absolute atomic E-state index is 14.2. The van der Waals surface area contributed by atoms with E-state index >= 15 is 0 Å². The third kappa shape index (κ3) is 8.55. The predicted octanol–water partition coefficient (Wildman–Crippen LogP) is 5.93. The summed E-state index contributed by atoms with van der Waals surface area (Å²) in [6, 6.07) is 16.3. The highest BCUT2D eigenvalue weighted by atomic mass is 35.5. The number of nitrogens with zero attached hydrogens (tertiary/aromatic N) is 2. The maximum Gasteiger partial charge on any atom is 0.264 e. The van der Waals surface area contributed by atoms with Crippen molar-refractivity contribution in [1.29, 1.82) is 0 Å². The first-order valence-electron chi connectivity index (χ1n) is 13.6. The van der Waals surface area contributed by atoms with Gasteiger partial charge < -0.3 is 19.7 Å². The molecule has 0 radical (unpaired) electrons. The van der Waals surface area contributed by atoms with Crippen molar-refractivity contribution in [3.05, 3.63) is 82.3 Å². The highest BCUT2D eigenvalue weighted by Gasteiger charge is 2.35. The molecule has 3 rings (SSSR count). The van der Waals surface area contributed by atoms with Gasteiger partial charge in [-0.3, -0.25) is 13.9 Å². The summed E-state index contributed by atoms with van der Waals surface area (Å²) in [7, 11) is -1.49. The molecular weight excluding hydrogens is 613 g/mol. The molecule has 0 saturated heterocycles. The molecule has 2 amide bonds. The van der Waals surface area contributed by atoms with Crippen LogP contribution >= 0.6 is 23.2 Å². The molecule has 0 unspecified atom stereocenters. The van der Waals surface area contributed by atoms with E-state index < -0.39 is 34.1 Å². The van der Waals surface area contributed by atoms with Gasteiger partial charge >= 0.3 is 0 Å². The molecular formula is C31H37Cl2N3O6S. The average molecular weight is 651 g/mol. The van der Waals surface area contributed by atoms with Crippen molar-refractivity contribution in [3.8, 4) is 11.5 Å². The van der Waals surface area contributed by atoms with Crippen LogP contribution in [0.2, 0.25) is 10.0 Å². The first-order valence-corrected chi connectivity index (χ1v) is 15.8. The molecule has 0 bridgehead atoms. The molecule has 0 aliphatic heterocycles. The third-order valence-electron chi connectivity index (χ3n) is 6.52. The monoisotopic (exact) mass is 649 g/mol. The number of anilines is 1. The van der Waals surface area contributed by atoms with Crippen LogP contribution in [0.15, 0.2) is 71.6 Å². The molecule has 1 atom stereocenters. The van der Waals surface area contributed by atoms with Gasteiger partial charge in [-0.1, -0.05) is 48.3 Å². The molecule has 12 heteroatoms. The zero-order chi connectivity index (χ0) is 31.9. The van der Waals surface area contributed by atoms with Crippen LogP contribution in [-0.2, 0) is 26.2 Å². The Balaban J connectivity index is 2.12. The molecule has 43 heavy (non-hydrogen) atoms. The van der Waals surface area contributed by atoms with E-state index in [2.05, 4.69) is 5.32 Å². The van der Waals surface area contributed by atoms with E-state index in [0.29, 0.717) is 21.4 Å². The second-order valence-electron chi connectivity index (χ2n) is 10.8. The van der Waals surface area contributed by atoms with Gasteiger partial charge in [0, 0.05) is 28.2 Å². The molecule has 9 nitrogen and oxygen atoms in total. The quantitative estimate of drug-likeness (QED) is 0.261. The largest absolute Gasteiger partial charge is 0.493 e. The Kier molecular flexibility index (Phi) is 11.3. The summed E-state index contributed by atoms with van der Waals surface area (Å²) < 4.78 is 39.9. The van der Waals surface area contributed by atoms with E-state index in [-0.39, 0.29) is 35.2 Å². The summed E-state index contributed by atoms with van der Waals surface area (Å²) in [5, 5.41) is 3.75. The van der Waals surface area contributed by atoms with Gasteiger partial charge in [0.2, 0.25) is 11.8 Å². The van der Waals surface area contributed by atoms with E-state index in [1.165, 1.54) is 61.6 Å². The van der Waals surface area contributed by atoms with Crippen LogP contribution in [0.25, 0.3) is 0 Å². The van der Waals surface area contributed by atoms with Crippen LogP contribution in [0.5, 0.6) is 11.5 Å². The summed E-state index contributed by atoms with van der Waals surface area (Å²) >= 11 is 12.5. The fourth-order valence-electron chi connectivity index (χ4n) is 4.42. The second kappa shape index (κ2) is 14.3. The van der Waals surface area contributed by atoms with Crippen molar-refractivity contribution < 1.29 is 27.5 Å². The Bertz CT molecular complexity index is 1540. The van der Waals surface area contributed by atoms with Crippen LogP contribution in [0.1, 0.15) is 39.7 Å². The number of benzene rings is 3. The van der Waals surface area contributed by atoms with Crippen LogP contribution < -0.4 is 19.1 Å². The Morgan fingerprint density at radius 1 is 0.930 bits per heavy atom. The van der Waals surface area contributed by atoms with Gasteiger partial charge in [-0.15, -0.1) is 0 Å². The molecule has 3 aromatic carbocycles. The van der Waals surface area contributed by atoms with Crippen LogP contribution in [0, 0.1) is 0 Å². The van der Waals surface area contributed by atoms with Gasteiger partial charge in [0.15, 0.2) is 11.5 Å². The molecule has 1 N–H and O–H groups in total. The van der Waals surface area contributed by atoms with Gasteiger partial charge in [0.1, 0.15) is 12.6 Å². The lowest BCUT2D eigenvalue weighted by molar-refractivity contribution is -0.141. The van der Waals surface area contributed by atoms with E-state index in [1.807, 2.05) is 20.8 Å². The minimum atomic E-state index is -4.34. The highest BCUT2D eigenvalue weighted by molar-refractivity contribution is 7.92. The van der Waals surface area contributed by atoms with Crippen LogP contribution in [-0.4, -0.2) is 57.5 Å². The zero-order valence-corrected chi connectivity index (χ0v) is 27.4. The van der Waals surface area contributed by atoms with Gasteiger partial charge in [-0.2, -0.15) is 0 Å². The number of amides is 2. The number of hydrogen-bond donors (Lipinski definition) is 1. The lowest BCUT2D eigenvalue weighted by atomic mass is 10.1. The number of halogens is 2. The van der Waals surface area contributed by atoms with Crippen molar-refractivity contribution in [2.75, 3.05) is 25.1 Å². The summed E-state index contributed by atoms with van der Waals surface area (Å²) in [6.45, 7) is 6.69. The molecule has 0 saturated carbocycles. The van der Waals surface area contributed by atoms with Crippen molar-refractivity contribution in [2.45, 2.75) is 57.1 Å². The molecule has 3 aromatic rings. The highest BCUT2D eigenvalue weighted by Crippen LogP contribution is 2.33. The maximum atomic E-state index is 14.2. The number of rotatable bonds is 12. The summed E-state index contributed by atoms with van der Waals surface area (Å²) in [4.78, 5) is 28.9.